The number of hydrogen-bond acceptors (Lipinski definition) is 1. The van der Waals surface area contributed by atoms with Crippen molar-refractivity contribution in [3.63, 3.8) is 0 Å². The largest absolute Gasteiger partial charge is 0.256 e. The zero-order valence-corrected chi connectivity index (χ0v) is 57.3. The van der Waals surface area contributed by atoms with Crippen LogP contribution < -0.4 is 18.3 Å². The molecule has 7 aromatic carbocycles. The van der Waals surface area contributed by atoms with Crippen molar-refractivity contribution >= 4 is 0 Å². The first-order valence-electron chi connectivity index (χ1n) is 33.3. The number of halogens is 3. The lowest BCUT2D eigenvalue weighted by Crippen LogP contribution is -2.30. The van der Waals surface area contributed by atoms with Crippen molar-refractivity contribution in [1.82, 2.24) is 4.98 Å². The third kappa shape index (κ3) is 16.7. The van der Waals surface area contributed by atoms with Crippen LogP contribution in [0, 0.1) is 51.1 Å². The molecule has 5 heterocycles. The zero-order valence-electron chi connectivity index (χ0n) is 57.3. The molecule has 5 nitrogen and oxygen atoms in total. The summed E-state index contributed by atoms with van der Waals surface area (Å²) in [5.41, 5.74) is 25.8. The molecule has 1 saturated carbocycles. The zero-order chi connectivity index (χ0) is 67.3. The van der Waals surface area contributed by atoms with Gasteiger partial charge in [-0.05, 0) is 216 Å². The van der Waals surface area contributed by atoms with Crippen LogP contribution in [0.4, 0.5) is 13.2 Å². The van der Waals surface area contributed by atoms with Crippen molar-refractivity contribution < 1.29 is 31.4 Å². The van der Waals surface area contributed by atoms with Crippen LogP contribution in [0.15, 0.2) is 249 Å². The van der Waals surface area contributed by atoms with Crippen LogP contribution in [0.25, 0.3) is 89.7 Å². The Bertz CT molecular complexity index is 4620. The van der Waals surface area contributed by atoms with Gasteiger partial charge in [0.05, 0.1) is 11.3 Å². The Kier molecular flexibility index (Phi) is 22.4. The van der Waals surface area contributed by atoms with Crippen LogP contribution in [0.5, 0.6) is 0 Å². The van der Waals surface area contributed by atoms with Gasteiger partial charge in [-0.15, -0.1) is 0 Å². The molecule has 0 spiro atoms. The minimum absolute atomic E-state index is 0.0544. The molecule has 0 saturated heterocycles. The van der Waals surface area contributed by atoms with E-state index in [0.717, 1.165) is 92.0 Å². The lowest BCUT2D eigenvalue weighted by atomic mass is 9.93. The highest BCUT2D eigenvalue weighted by atomic mass is 19.1. The van der Waals surface area contributed by atoms with E-state index in [1.54, 1.807) is 18.2 Å². The summed E-state index contributed by atoms with van der Waals surface area (Å²) >= 11 is 0. The summed E-state index contributed by atoms with van der Waals surface area (Å²) in [6, 6.07) is 73.3. The van der Waals surface area contributed by atoms with Gasteiger partial charge >= 0.3 is 0 Å². The normalized spacial score (nSPS) is 12.0. The standard InChI is InChI=1S/C24H25FN.C23H25FN.C22H23FN.C18H17N2/c1-17-7-3-6-10-21(17)24-16-20(13-14-26(24)2)19-11-12-23(25)22(15-19)18-8-4-5-9-18;1-16(2)13-20-14-18(9-10-22(20)24)19-11-12-25(4)23(15-19)21-8-6-5-7-17(21)3;1-15(2)20-13-17(9-10-21(20)23)18-11-12-24(4)22(14-18)19-8-6-5-7-16(19)3;1-14-7-3-4-8-16(14)18-11-10-15(13-20(18)2)17-9-5-6-12-19-17/h3,6-7,10-16,18H,4-5,8-9H2,1-2H3;5-12,14-16H,13H2,1-4H3;5-15H,1-4H3;3-13H,1-2H3/q4*+1. The van der Waals surface area contributed by atoms with Crippen molar-refractivity contribution in [3.05, 3.63) is 306 Å². The Balaban J connectivity index is 0.000000139. The number of rotatable bonds is 12. The van der Waals surface area contributed by atoms with E-state index in [9.17, 15) is 13.2 Å². The molecular formula is C87H90F3N5+4. The molecule has 0 unspecified atom stereocenters. The van der Waals surface area contributed by atoms with E-state index in [0.29, 0.717) is 11.8 Å². The van der Waals surface area contributed by atoms with Gasteiger partial charge in [-0.3, -0.25) is 4.98 Å². The molecule has 5 aromatic heterocycles. The lowest BCUT2D eigenvalue weighted by Gasteiger charge is -2.13. The molecule has 1 aliphatic rings. The Morgan fingerprint density at radius 3 is 1.22 bits per heavy atom. The number of benzene rings is 7. The summed E-state index contributed by atoms with van der Waals surface area (Å²) < 4.78 is 51.0. The summed E-state index contributed by atoms with van der Waals surface area (Å²) in [6.45, 7) is 16.8. The van der Waals surface area contributed by atoms with Crippen LogP contribution >= 0.6 is 0 Å². The summed E-state index contributed by atoms with van der Waals surface area (Å²) in [6.07, 6.45) is 15.6. The first-order valence-corrected chi connectivity index (χ1v) is 33.3. The van der Waals surface area contributed by atoms with Crippen LogP contribution in [0.3, 0.4) is 0 Å². The summed E-state index contributed by atoms with van der Waals surface area (Å²) in [5.74, 6) is 0.681. The molecule has 480 valence electrons. The minimum atomic E-state index is -0.130. The molecule has 0 radical (unpaired) electrons. The van der Waals surface area contributed by atoms with Crippen molar-refractivity contribution in [2.75, 3.05) is 0 Å². The fourth-order valence-corrected chi connectivity index (χ4v) is 12.9. The number of hydrogen-bond donors (Lipinski definition) is 0. The van der Waals surface area contributed by atoms with E-state index in [1.807, 2.05) is 68.6 Å². The van der Waals surface area contributed by atoms with Crippen molar-refractivity contribution in [2.24, 2.45) is 34.1 Å². The predicted molar refractivity (Wildman–Crippen MR) is 384 cm³/mol. The third-order valence-electron chi connectivity index (χ3n) is 18.3. The van der Waals surface area contributed by atoms with E-state index >= 15 is 0 Å². The second kappa shape index (κ2) is 31.3. The van der Waals surface area contributed by atoms with E-state index in [4.69, 9.17) is 0 Å². The van der Waals surface area contributed by atoms with Crippen LogP contribution in [0.1, 0.15) is 104 Å². The third-order valence-corrected chi connectivity index (χ3v) is 18.3. The predicted octanol–water partition coefficient (Wildman–Crippen LogP) is 20.4. The molecule has 1 fully saturated rings. The Morgan fingerprint density at radius 2 is 0.789 bits per heavy atom. The highest BCUT2D eigenvalue weighted by molar-refractivity contribution is 5.74. The Labute approximate surface area is 562 Å². The summed E-state index contributed by atoms with van der Waals surface area (Å²) in [7, 11) is 8.25. The van der Waals surface area contributed by atoms with Gasteiger partial charge in [-0.25, -0.2) is 31.4 Å². The fraction of sp³-hybridized carbons (Fsp3) is 0.230. The average Bonchev–Trinajstić information content (AvgIpc) is 1.10. The van der Waals surface area contributed by atoms with Gasteiger partial charge in [-0.2, -0.15) is 0 Å². The molecule has 0 aliphatic heterocycles. The molecule has 0 N–H and O–H groups in total. The molecule has 1 aliphatic carbocycles. The van der Waals surface area contributed by atoms with E-state index in [-0.39, 0.29) is 23.4 Å². The molecule has 13 rings (SSSR count). The van der Waals surface area contributed by atoms with E-state index in [2.05, 4.69) is 269 Å². The molecule has 0 atom stereocenters. The Morgan fingerprint density at radius 1 is 0.389 bits per heavy atom. The molecule has 0 amide bonds. The van der Waals surface area contributed by atoms with Gasteiger partial charge in [0.25, 0.3) is 0 Å². The molecule has 8 heteroatoms. The number of nitrogens with zero attached hydrogens (tertiary/aromatic N) is 5. The highest BCUT2D eigenvalue weighted by Gasteiger charge is 2.23. The second-order valence-electron chi connectivity index (χ2n) is 26.1. The molecule has 0 bridgehead atoms. The van der Waals surface area contributed by atoms with Gasteiger partial charge in [0, 0.05) is 70.9 Å². The smallest absolute Gasteiger partial charge is 0.213 e. The summed E-state index contributed by atoms with van der Waals surface area (Å²) in [5, 5.41) is 0. The van der Waals surface area contributed by atoms with E-state index in [1.165, 1.54) is 68.7 Å². The SMILES string of the molecule is Cc1ccccc1-c1cc(-c2ccc(F)c(C(C)C)c2)cc[n+]1C.Cc1ccccc1-c1cc(-c2ccc(F)c(C3CCCC3)c2)cc[n+]1C.Cc1ccccc1-c1cc(-c2ccc(F)c(CC(C)C)c2)cc[n+]1C.Cc1ccccc1-c1ccc(-c2ccccn2)c[n+]1C. The van der Waals surface area contributed by atoms with Crippen molar-refractivity contribution in [3.8, 4) is 89.7 Å². The quantitative estimate of drug-likeness (QED) is 0.112. The highest BCUT2D eigenvalue weighted by Crippen LogP contribution is 2.38. The average molecular weight is 1260 g/mol. The summed E-state index contributed by atoms with van der Waals surface area (Å²) in [4.78, 5) is 4.40. The van der Waals surface area contributed by atoms with Gasteiger partial charge in [0.2, 0.25) is 22.8 Å². The minimum Gasteiger partial charge on any atom is -0.256 e. The monoisotopic (exact) mass is 1260 g/mol. The second-order valence-corrected chi connectivity index (χ2v) is 26.1. The first-order chi connectivity index (χ1) is 45.8. The fourth-order valence-electron chi connectivity index (χ4n) is 12.9. The first kappa shape index (κ1) is 68.0. The van der Waals surface area contributed by atoms with E-state index < -0.39 is 0 Å². The molecular weight excluding hydrogens is 1170 g/mol. The Hall–Kier alpha value is -9.92. The molecule has 12 aromatic rings. The van der Waals surface area contributed by atoms with Crippen LogP contribution in [-0.2, 0) is 34.6 Å². The maximum Gasteiger partial charge on any atom is 0.213 e. The van der Waals surface area contributed by atoms with Gasteiger partial charge < -0.3 is 0 Å². The maximum atomic E-state index is 14.4. The topological polar surface area (TPSA) is 28.4 Å². The maximum absolute atomic E-state index is 14.4. The van der Waals surface area contributed by atoms with Gasteiger partial charge in [0.1, 0.15) is 45.6 Å². The number of aromatic nitrogens is 5. The van der Waals surface area contributed by atoms with Crippen LogP contribution in [0.2, 0.25) is 0 Å². The van der Waals surface area contributed by atoms with Crippen molar-refractivity contribution in [1.29, 1.82) is 0 Å². The van der Waals surface area contributed by atoms with Gasteiger partial charge in [-0.1, -0.05) is 138 Å². The lowest BCUT2D eigenvalue weighted by molar-refractivity contribution is -0.660. The van der Waals surface area contributed by atoms with Gasteiger partial charge in [0.15, 0.2) is 24.8 Å². The number of pyridine rings is 5. The van der Waals surface area contributed by atoms with Crippen LogP contribution in [-0.4, -0.2) is 4.98 Å². The van der Waals surface area contributed by atoms with Crippen molar-refractivity contribution in [2.45, 2.75) is 99.3 Å². The number of aryl methyl sites for hydroxylation is 8. The molecule has 95 heavy (non-hydrogen) atoms.